The molecule has 1 N–H and O–H groups in total. The molecule has 25 heavy (non-hydrogen) atoms. The molecule has 5 rings (SSSR count). The molecule has 0 radical (unpaired) electrons. The van der Waals surface area contributed by atoms with E-state index in [1.54, 1.807) is 29.0 Å². The molecule has 0 aliphatic carbocycles. The quantitative estimate of drug-likeness (QED) is 0.586. The van der Waals surface area contributed by atoms with E-state index >= 15 is 0 Å². The minimum atomic E-state index is -0.390. The summed E-state index contributed by atoms with van der Waals surface area (Å²) in [5, 5.41) is 8.04. The number of nitrogens with one attached hydrogen (secondary N) is 1. The lowest BCUT2D eigenvalue weighted by Gasteiger charge is -2.21. The lowest BCUT2D eigenvalue weighted by atomic mass is 9.96. The largest absolute Gasteiger partial charge is 0.441 e. The van der Waals surface area contributed by atoms with Gasteiger partial charge in [-0.15, -0.1) is 11.3 Å². The van der Waals surface area contributed by atoms with Gasteiger partial charge in [0.05, 0.1) is 10.4 Å². The van der Waals surface area contributed by atoms with Crippen LogP contribution < -0.4 is 5.32 Å². The van der Waals surface area contributed by atoms with Crippen LogP contribution in [-0.4, -0.2) is 27.9 Å². The Balaban J connectivity index is 1.53. The number of piperidine rings is 1. The van der Waals surface area contributed by atoms with Crippen LogP contribution in [0, 0.1) is 12.7 Å². The van der Waals surface area contributed by atoms with Gasteiger partial charge in [-0.2, -0.15) is 5.10 Å². The van der Waals surface area contributed by atoms with Crippen molar-refractivity contribution in [2.75, 3.05) is 13.1 Å². The average Bonchev–Trinajstić information content (AvgIpc) is 3.27. The highest BCUT2D eigenvalue weighted by atomic mass is 32.1. The molecule has 4 heterocycles. The van der Waals surface area contributed by atoms with E-state index in [4.69, 9.17) is 4.42 Å². The van der Waals surface area contributed by atoms with Crippen molar-refractivity contribution in [3.63, 3.8) is 0 Å². The third-order valence-corrected chi connectivity index (χ3v) is 5.98. The van der Waals surface area contributed by atoms with E-state index in [1.807, 2.05) is 6.20 Å². The van der Waals surface area contributed by atoms with Gasteiger partial charge in [0.25, 0.3) is 0 Å². The van der Waals surface area contributed by atoms with Gasteiger partial charge < -0.3 is 9.73 Å². The van der Waals surface area contributed by atoms with Crippen molar-refractivity contribution >= 4 is 32.7 Å². The maximum Gasteiger partial charge on any atom is 0.192 e. The standard InChI is InChI=1S/C18H17FN4OS/c1-10-21-18-13(19)6-12(7-15(18)24-10)23-9-17-14(22-23)8-16(25-17)11-2-4-20-5-3-11/h6-9,11,20H,2-5H2,1H3. The highest BCUT2D eigenvalue weighted by Crippen LogP contribution is 2.35. The van der Waals surface area contributed by atoms with Crippen LogP contribution in [0.3, 0.4) is 0 Å². The second-order valence-electron chi connectivity index (χ2n) is 6.50. The normalized spacial score (nSPS) is 16.2. The Morgan fingerprint density at radius 1 is 1.28 bits per heavy atom. The molecule has 0 saturated carbocycles. The maximum absolute atomic E-state index is 14.3. The SMILES string of the molecule is Cc1nc2c(F)cc(-n3cc4sc(C5CCNCC5)cc4n3)cc2o1. The zero-order valence-electron chi connectivity index (χ0n) is 13.8. The first-order chi connectivity index (χ1) is 12.2. The first-order valence-corrected chi connectivity index (χ1v) is 9.26. The highest BCUT2D eigenvalue weighted by molar-refractivity contribution is 7.19. The predicted molar refractivity (Wildman–Crippen MR) is 96.1 cm³/mol. The molecule has 1 aromatic carbocycles. The van der Waals surface area contributed by atoms with E-state index in [1.165, 1.54) is 23.8 Å². The van der Waals surface area contributed by atoms with Gasteiger partial charge in [-0.1, -0.05) is 0 Å². The van der Waals surface area contributed by atoms with Gasteiger partial charge in [0.1, 0.15) is 11.0 Å². The fourth-order valence-electron chi connectivity index (χ4n) is 3.50. The Kier molecular flexibility index (Phi) is 3.39. The molecule has 4 aromatic rings. The van der Waals surface area contributed by atoms with Gasteiger partial charge in [-0.25, -0.2) is 14.1 Å². The van der Waals surface area contributed by atoms with Crippen molar-refractivity contribution in [1.29, 1.82) is 0 Å². The van der Waals surface area contributed by atoms with E-state index < -0.39 is 5.82 Å². The maximum atomic E-state index is 14.3. The predicted octanol–water partition coefficient (Wildman–Crippen LogP) is 4.14. The minimum absolute atomic E-state index is 0.267. The summed E-state index contributed by atoms with van der Waals surface area (Å²) in [6.45, 7) is 3.87. The lowest BCUT2D eigenvalue weighted by Crippen LogP contribution is -2.26. The van der Waals surface area contributed by atoms with Gasteiger partial charge in [0.15, 0.2) is 17.3 Å². The van der Waals surface area contributed by atoms with Crippen molar-refractivity contribution in [2.45, 2.75) is 25.7 Å². The molecule has 7 heteroatoms. The first-order valence-electron chi connectivity index (χ1n) is 8.44. The molecule has 0 bridgehead atoms. The third kappa shape index (κ3) is 2.54. The molecule has 1 fully saturated rings. The molecule has 0 unspecified atom stereocenters. The number of nitrogens with zero attached hydrogens (tertiary/aromatic N) is 3. The monoisotopic (exact) mass is 356 g/mol. The van der Waals surface area contributed by atoms with Gasteiger partial charge in [0, 0.05) is 30.1 Å². The molecule has 0 atom stereocenters. The van der Waals surface area contributed by atoms with Crippen molar-refractivity contribution in [2.24, 2.45) is 0 Å². The Labute approximate surface area is 147 Å². The number of rotatable bonds is 2. The molecule has 0 spiro atoms. The zero-order chi connectivity index (χ0) is 17.0. The lowest BCUT2D eigenvalue weighted by molar-refractivity contribution is 0.465. The van der Waals surface area contributed by atoms with Crippen LogP contribution in [0.15, 0.2) is 28.8 Å². The highest BCUT2D eigenvalue weighted by Gasteiger charge is 2.19. The van der Waals surface area contributed by atoms with Crippen molar-refractivity contribution < 1.29 is 8.81 Å². The number of thiophene rings is 1. The molecular weight excluding hydrogens is 339 g/mol. The number of hydrogen-bond donors (Lipinski definition) is 1. The first kappa shape index (κ1) is 15.0. The summed E-state index contributed by atoms with van der Waals surface area (Å²) in [5.74, 6) is 0.692. The van der Waals surface area contributed by atoms with Gasteiger partial charge in [-0.05, 0) is 37.9 Å². The number of hydrogen-bond acceptors (Lipinski definition) is 5. The number of fused-ring (bicyclic) bond motifs is 2. The van der Waals surface area contributed by atoms with Gasteiger partial charge in [-0.3, -0.25) is 0 Å². The summed E-state index contributed by atoms with van der Waals surface area (Å²) in [5.41, 5.74) is 2.32. The van der Waals surface area contributed by atoms with E-state index in [9.17, 15) is 4.39 Å². The summed E-state index contributed by atoms with van der Waals surface area (Å²) in [4.78, 5) is 5.47. The van der Waals surface area contributed by atoms with Gasteiger partial charge >= 0.3 is 0 Å². The zero-order valence-corrected chi connectivity index (χ0v) is 14.6. The fraction of sp³-hybridized carbons (Fsp3) is 0.333. The van der Waals surface area contributed by atoms with Crippen LogP contribution in [-0.2, 0) is 0 Å². The van der Waals surface area contributed by atoms with E-state index in [2.05, 4.69) is 21.5 Å². The summed E-state index contributed by atoms with van der Waals surface area (Å²) in [6, 6.07) is 5.41. The Morgan fingerprint density at radius 3 is 2.92 bits per heavy atom. The number of oxazole rings is 1. The van der Waals surface area contributed by atoms with Crippen LogP contribution in [0.25, 0.3) is 27.0 Å². The molecule has 1 saturated heterocycles. The summed E-state index contributed by atoms with van der Waals surface area (Å²) in [7, 11) is 0. The van der Waals surface area contributed by atoms with E-state index in [0.29, 0.717) is 23.1 Å². The molecule has 1 aliphatic rings. The number of aromatic nitrogens is 3. The average molecular weight is 356 g/mol. The van der Waals surface area contributed by atoms with Crippen LogP contribution in [0.4, 0.5) is 4.39 Å². The van der Waals surface area contributed by atoms with Gasteiger partial charge in [0.2, 0.25) is 0 Å². The third-order valence-electron chi connectivity index (χ3n) is 4.76. The molecule has 128 valence electrons. The number of benzene rings is 1. The Morgan fingerprint density at radius 2 is 2.12 bits per heavy atom. The van der Waals surface area contributed by atoms with E-state index in [0.717, 1.165) is 23.3 Å². The summed E-state index contributed by atoms with van der Waals surface area (Å²) < 4.78 is 22.6. The molecule has 0 amide bonds. The smallest absolute Gasteiger partial charge is 0.192 e. The summed E-state index contributed by atoms with van der Waals surface area (Å²) >= 11 is 1.79. The van der Waals surface area contributed by atoms with Crippen LogP contribution in [0.2, 0.25) is 0 Å². The second-order valence-corrected chi connectivity index (χ2v) is 7.62. The topological polar surface area (TPSA) is 55.9 Å². The van der Waals surface area contributed by atoms with Crippen LogP contribution in [0.1, 0.15) is 29.5 Å². The number of halogens is 1. The molecular formula is C18H17FN4OS. The molecule has 5 nitrogen and oxygen atoms in total. The van der Waals surface area contributed by atoms with Crippen molar-refractivity contribution in [3.8, 4) is 5.69 Å². The van der Waals surface area contributed by atoms with Crippen LogP contribution >= 0.6 is 11.3 Å². The van der Waals surface area contributed by atoms with Crippen LogP contribution in [0.5, 0.6) is 0 Å². The summed E-state index contributed by atoms with van der Waals surface area (Å²) in [6.07, 6.45) is 4.32. The van der Waals surface area contributed by atoms with Crippen molar-refractivity contribution in [1.82, 2.24) is 20.1 Å². The Hall–Kier alpha value is -2.25. The van der Waals surface area contributed by atoms with Crippen molar-refractivity contribution in [3.05, 3.63) is 41.0 Å². The Bertz CT molecular complexity index is 1040. The number of aryl methyl sites for hydroxylation is 1. The molecule has 3 aromatic heterocycles. The fourth-order valence-corrected chi connectivity index (χ4v) is 4.68. The molecule has 1 aliphatic heterocycles. The second kappa shape index (κ2) is 5.64. The minimum Gasteiger partial charge on any atom is -0.441 e. The van der Waals surface area contributed by atoms with E-state index in [-0.39, 0.29) is 5.52 Å².